The van der Waals surface area contributed by atoms with E-state index < -0.39 is 0 Å². The van der Waals surface area contributed by atoms with Crippen LogP contribution in [-0.4, -0.2) is 12.1 Å². The molecule has 21 heavy (non-hydrogen) atoms. The average molecular weight is 345 g/mol. The third-order valence-corrected chi connectivity index (χ3v) is 3.79. The van der Waals surface area contributed by atoms with Crippen molar-refractivity contribution in [1.82, 2.24) is 5.43 Å². The fourth-order valence-corrected chi connectivity index (χ4v) is 2.30. The van der Waals surface area contributed by atoms with E-state index in [2.05, 4.69) is 52.4 Å². The van der Waals surface area contributed by atoms with Crippen molar-refractivity contribution in [2.24, 2.45) is 5.10 Å². The SMILES string of the molecule is CC(C)c1ccc(/C=N\NC(=O)c2ccccc2Br)cc1. The van der Waals surface area contributed by atoms with Crippen molar-refractivity contribution in [2.45, 2.75) is 19.8 Å². The summed E-state index contributed by atoms with van der Waals surface area (Å²) < 4.78 is 0.749. The summed E-state index contributed by atoms with van der Waals surface area (Å²) in [6.45, 7) is 4.31. The van der Waals surface area contributed by atoms with Gasteiger partial charge in [0.2, 0.25) is 0 Å². The van der Waals surface area contributed by atoms with E-state index in [1.165, 1.54) is 5.56 Å². The maximum absolute atomic E-state index is 11.9. The Kier molecular flexibility index (Phi) is 5.28. The molecule has 0 aromatic heterocycles. The number of amides is 1. The average Bonchev–Trinajstić information content (AvgIpc) is 2.48. The second kappa shape index (κ2) is 7.18. The van der Waals surface area contributed by atoms with Crippen LogP contribution in [0.15, 0.2) is 58.1 Å². The van der Waals surface area contributed by atoms with Crippen LogP contribution in [0.1, 0.15) is 41.3 Å². The second-order valence-corrected chi connectivity index (χ2v) is 5.85. The topological polar surface area (TPSA) is 41.5 Å². The summed E-state index contributed by atoms with van der Waals surface area (Å²) in [5.74, 6) is 0.267. The molecule has 1 N–H and O–H groups in total. The molecule has 0 unspecified atom stereocenters. The molecule has 2 aromatic rings. The number of carbonyl (C=O) groups is 1. The normalized spacial score (nSPS) is 11.0. The van der Waals surface area contributed by atoms with E-state index in [4.69, 9.17) is 0 Å². The zero-order chi connectivity index (χ0) is 15.2. The van der Waals surface area contributed by atoms with Crippen LogP contribution in [0, 0.1) is 0 Å². The molecular weight excluding hydrogens is 328 g/mol. The number of benzene rings is 2. The zero-order valence-electron chi connectivity index (χ0n) is 12.0. The summed E-state index contributed by atoms with van der Waals surface area (Å²) in [4.78, 5) is 11.9. The predicted octanol–water partition coefficient (Wildman–Crippen LogP) is 4.34. The summed E-state index contributed by atoms with van der Waals surface area (Å²) in [7, 11) is 0. The monoisotopic (exact) mass is 344 g/mol. The molecule has 0 aliphatic heterocycles. The van der Waals surface area contributed by atoms with Crippen molar-refractivity contribution in [2.75, 3.05) is 0 Å². The van der Waals surface area contributed by atoms with Crippen LogP contribution < -0.4 is 5.43 Å². The highest BCUT2D eigenvalue weighted by Crippen LogP contribution is 2.15. The Balaban J connectivity index is 1.99. The molecule has 3 nitrogen and oxygen atoms in total. The highest BCUT2D eigenvalue weighted by molar-refractivity contribution is 9.10. The van der Waals surface area contributed by atoms with E-state index in [1.54, 1.807) is 12.3 Å². The first-order valence-electron chi connectivity index (χ1n) is 6.76. The van der Waals surface area contributed by atoms with Gasteiger partial charge < -0.3 is 0 Å². The lowest BCUT2D eigenvalue weighted by Crippen LogP contribution is -2.18. The van der Waals surface area contributed by atoms with Crippen LogP contribution in [0.4, 0.5) is 0 Å². The van der Waals surface area contributed by atoms with Crippen LogP contribution in [0.3, 0.4) is 0 Å². The third-order valence-electron chi connectivity index (χ3n) is 3.10. The smallest absolute Gasteiger partial charge is 0.267 e. The minimum Gasteiger partial charge on any atom is -0.267 e. The predicted molar refractivity (Wildman–Crippen MR) is 89.7 cm³/mol. The molecular formula is C17H17BrN2O. The number of rotatable bonds is 4. The number of halogens is 1. The van der Waals surface area contributed by atoms with Crippen molar-refractivity contribution in [1.29, 1.82) is 0 Å². The van der Waals surface area contributed by atoms with Gasteiger partial charge in [0, 0.05) is 4.47 Å². The van der Waals surface area contributed by atoms with Gasteiger partial charge in [0.05, 0.1) is 11.8 Å². The molecule has 0 heterocycles. The Hall–Kier alpha value is -1.94. The summed E-state index contributed by atoms with van der Waals surface area (Å²) >= 11 is 3.34. The van der Waals surface area contributed by atoms with E-state index in [0.717, 1.165) is 10.0 Å². The molecule has 0 aliphatic rings. The van der Waals surface area contributed by atoms with Crippen LogP contribution in [0.25, 0.3) is 0 Å². The molecule has 2 rings (SSSR count). The number of hydrogen-bond acceptors (Lipinski definition) is 2. The third kappa shape index (κ3) is 4.26. The van der Waals surface area contributed by atoms with Gasteiger partial charge in [-0.05, 0) is 45.1 Å². The first-order valence-corrected chi connectivity index (χ1v) is 7.55. The summed E-state index contributed by atoms with van der Waals surface area (Å²) in [6.07, 6.45) is 1.64. The van der Waals surface area contributed by atoms with Gasteiger partial charge in [-0.3, -0.25) is 4.79 Å². The van der Waals surface area contributed by atoms with Gasteiger partial charge in [-0.15, -0.1) is 0 Å². The highest BCUT2D eigenvalue weighted by atomic mass is 79.9. The lowest BCUT2D eigenvalue weighted by atomic mass is 10.0. The molecule has 0 saturated carbocycles. The number of nitrogens with one attached hydrogen (secondary N) is 1. The van der Waals surface area contributed by atoms with Crippen molar-refractivity contribution in [3.05, 3.63) is 69.7 Å². The number of hydrazone groups is 1. The van der Waals surface area contributed by atoms with Crippen molar-refractivity contribution in [3.8, 4) is 0 Å². The quantitative estimate of drug-likeness (QED) is 0.650. The molecule has 0 radical (unpaired) electrons. The van der Waals surface area contributed by atoms with E-state index in [1.807, 2.05) is 30.3 Å². The molecule has 0 saturated heterocycles. The van der Waals surface area contributed by atoms with Gasteiger partial charge in [0.1, 0.15) is 0 Å². The van der Waals surface area contributed by atoms with Crippen molar-refractivity contribution < 1.29 is 4.79 Å². The molecule has 108 valence electrons. The maximum atomic E-state index is 11.9. The Labute approximate surface area is 133 Å². The van der Waals surface area contributed by atoms with Crippen LogP contribution in [0.2, 0.25) is 0 Å². The first-order chi connectivity index (χ1) is 10.1. The van der Waals surface area contributed by atoms with Crippen LogP contribution in [-0.2, 0) is 0 Å². The van der Waals surface area contributed by atoms with Gasteiger partial charge in [-0.25, -0.2) is 5.43 Å². The van der Waals surface area contributed by atoms with E-state index >= 15 is 0 Å². The van der Waals surface area contributed by atoms with Crippen LogP contribution >= 0.6 is 15.9 Å². The standard InChI is InChI=1S/C17H17BrN2O/c1-12(2)14-9-7-13(8-10-14)11-19-20-17(21)15-5-3-4-6-16(15)18/h3-12H,1-2H3,(H,20,21)/b19-11-. The summed E-state index contributed by atoms with van der Waals surface area (Å²) in [5.41, 5.74) is 5.32. The summed E-state index contributed by atoms with van der Waals surface area (Å²) in [5, 5.41) is 3.99. The molecule has 0 atom stereocenters. The fraction of sp³-hybridized carbons (Fsp3) is 0.176. The lowest BCUT2D eigenvalue weighted by molar-refractivity contribution is 0.0954. The molecule has 1 amide bonds. The maximum Gasteiger partial charge on any atom is 0.272 e. The van der Waals surface area contributed by atoms with E-state index in [0.29, 0.717) is 11.5 Å². The van der Waals surface area contributed by atoms with Crippen LogP contribution in [0.5, 0.6) is 0 Å². The second-order valence-electron chi connectivity index (χ2n) is 5.00. The molecule has 0 bridgehead atoms. The van der Waals surface area contributed by atoms with Gasteiger partial charge in [-0.1, -0.05) is 50.2 Å². The zero-order valence-corrected chi connectivity index (χ0v) is 13.6. The molecule has 0 fully saturated rings. The largest absolute Gasteiger partial charge is 0.272 e. The molecule has 2 aromatic carbocycles. The Bertz CT molecular complexity index is 648. The first kappa shape index (κ1) is 15.4. The Morgan fingerprint density at radius 1 is 1.14 bits per heavy atom. The van der Waals surface area contributed by atoms with Gasteiger partial charge in [-0.2, -0.15) is 5.10 Å². The van der Waals surface area contributed by atoms with Crippen molar-refractivity contribution in [3.63, 3.8) is 0 Å². The van der Waals surface area contributed by atoms with Gasteiger partial charge in [0.25, 0.3) is 5.91 Å². The number of nitrogens with zero attached hydrogens (tertiary/aromatic N) is 1. The van der Waals surface area contributed by atoms with E-state index in [-0.39, 0.29) is 5.91 Å². The van der Waals surface area contributed by atoms with Crippen molar-refractivity contribution >= 4 is 28.1 Å². The lowest BCUT2D eigenvalue weighted by Gasteiger charge is -2.04. The molecule has 0 aliphatic carbocycles. The Morgan fingerprint density at radius 3 is 2.43 bits per heavy atom. The molecule has 0 spiro atoms. The fourth-order valence-electron chi connectivity index (χ4n) is 1.84. The van der Waals surface area contributed by atoms with E-state index in [9.17, 15) is 4.79 Å². The Morgan fingerprint density at radius 2 is 1.81 bits per heavy atom. The summed E-state index contributed by atoms with van der Waals surface area (Å²) in [6, 6.07) is 15.4. The number of hydrogen-bond donors (Lipinski definition) is 1. The van der Waals surface area contributed by atoms with Gasteiger partial charge >= 0.3 is 0 Å². The minimum absolute atomic E-state index is 0.238. The highest BCUT2D eigenvalue weighted by Gasteiger charge is 2.07. The molecule has 4 heteroatoms. The minimum atomic E-state index is -0.238. The number of carbonyl (C=O) groups excluding carboxylic acids is 1. The van der Waals surface area contributed by atoms with Gasteiger partial charge in [0.15, 0.2) is 0 Å².